The minimum atomic E-state index is 0.261. The molecule has 0 amide bonds. The fourth-order valence-electron chi connectivity index (χ4n) is 0.928. The predicted octanol–water partition coefficient (Wildman–Crippen LogP) is 1.18. The van der Waals surface area contributed by atoms with Crippen LogP contribution in [-0.2, 0) is 0 Å². The molecule has 0 fully saturated rings. The van der Waals surface area contributed by atoms with E-state index in [1.165, 1.54) is 6.20 Å². The minimum Gasteiger partial charge on any atom is -0.382 e. The van der Waals surface area contributed by atoms with Crippen LogP contribution in [0.4, 0.5) is 5.82 Å². The molecule has 0 saturated heterocycles. The van der Waals surface area contributed by atoms with Gasteiger partial charge in [-0.3, -0.25) is 0 Å². The molecule has 0 aliphatic carbocycles. The second-order valence-corrected chi connectivity index (χ2v) is 3.39. The molecular weight excluding hydrogens is 250 g/mol. The molecule has 2 N–H and O–H groups in total. The number of aromatic nitrogens is 4. The summed E-state index contributed by atoms with van der Waals surface area (Å²) in [7, 11) is 0. The quantitative estimate of drug-likeness (QED) is 0.823. The zero-order chi connectivity index (χ0) is 10.1. The Morgan fingerprint density at radius 3 is 2.86 bits per heavy atom. The third kappa shape index (κ3) is 1.58. The molecule has 7 heteroatoms. The second kappa shape index (κ2) is 3.33. The molecule has 0 saturated carbocycles. The number of rotatable bonds is 1. The summed E-state index contributed by atoms with van der Waals surface area (Å²) in [5.74, 6) is 1.06. The highest BCUT2D eigenvalue weighted by molar-refractivity contribution is 9.10. The van der Waals surface area contributed by atoms with Crippen LogP contribution < -0.4 is 5.73 Å². The van der Waals surface area contributed by atoms with Crippen molar-refractivity contribution in [2.24, 2.45) is 0 Å². The lowest BCUT2D eigenvalue weighted by Crippen LogP contribution is -1.97. The van der Waals surface area contributed by atoms with E-state index in [0.29, 0.717) is 16.1 Å². The van der Waals surface area contributed by atoms with Gasteiger partial charge in [-0.1, -0.05) is 5.16 Å². The fraction of sp³-hybridized carbons (Fsp3) is 0.143. The Morgan fingerprint density at radius 2 is 2.21 bits per heavy atom. The zero-order valence-electron chi connectivity index (χ0n) is 7.23. The van der Waals surface area contributed by atoms with Gasteiger partial charge in [0, 0.05) is 0 Å². The fourth-order valence-corrected chi connectivity index (χ4v) is 1.21. The lowest BCUT2D eigenvalue weighted by molar-refractivity contribution is 0.424. The van der Waals surface area contributed by atoms with E-state index >= 15 is 0 Å². The van der Waals surface area contributed by atoms with Crippen molar-refractivity contribution in [3.63, 3.8) is 0 Å². The number of aryl methyl sites for hydroxylation is 1. The van der Waals surface area contributed by atoms with Crippen molar-refractivity contribution in [1.29, 1.82) is 0 Å². The Labute approximate surface area is 87.7 Å². The molecule has 2 heterocycles. The first-order valence-electron chi connectivity index (χ1n) is 3.75. The van der Waals surface area contributed by atoms with Gasteiger partial charge in [-0.25, -0.2) is 9.97 Å². The Kier molecular flexibility index (Phi) is 2.16. The van der Waals surface area contributed by atoms with Gasteiger partial charge in [-0.15, -0.1) is 0 Å². The highest BCUT2D eigenvalue weighted by Gasteiger charge is 2.13. The molecule has 0 unspecified atom stereocenters. The Balaban J connectivity index is 2.55. The van der Waals surface area contributed by atoms with Gasteiger partial charge in [0.15, 0.2) is 17.3 Å². The van der Waals surface area contributed by atoms with Gasteiger partial charge in [0.05, 0.1) is 6.20 Å². The SMILES string of the molecule is Cc1noc(-c2nc(Br)cnc2N)n1. The maximum Gasteiger partial charge on any atom is 0.280 e. The average Bonchev–Trinajstić information content (AvgIpc) is 2.56. The molecule has 14 heavy (non-hydrogen) atoms. The van der Waals surface area contributed by atoms with E-state index in [1.807, 2.05) is 0 Å². The van der Waals surface area contributed by atoms with Gasteiger partial charge in [0.25, 0.3) is 5.89 Å². The standard InChI is InChI=1S/C7H6BrN5O/c1-3-11-7(14-13-3)5-6(9)10-2-4(8)12-5/h2H,1H3,(H2,9,10). The first-order valence-corrected chi connectivity index (χ1v) is 4.55. The van der Waals surface area contributed by atoms with E-state index in [0.717, 1.165) is 0 Å². The number of hydrogen-bond acceptors (Lipinski definition) is 6. The van der Waals surface area contributed by atoms with Crippen molar-refractivity contribution in [3.8, 4) is 11.6 Å². The van der Waals surface area contributed by atoms with Crippen molar-refractivity contribution in [1.82, 2.24) is 20.1 Å². The summed E-state index contributed by atoms with van der Waals surface area (Å²) < 4.78 is 5.49. The van der Waals surface area contributed by atoms with Crippen molar-refractivity contribution >= 4 is 21.7 Å². The lowest BCUT2D eigenvalue weighted by atomic mass is 10.4. The average molecular weight is 256 g/mol. The molecule has 0 bridgehead atoms. The molecule has 0 radical (unpaired) electrons. The lowest BCUT2D eigenvalue weighted by Gasteiger charge is -1.97. The summed E-state index contributed by atoms with van der Waals surface area (Å²) in [6.07, 6.45) is 1.50. The summed E-state index contributed by atoms with van der Waals surface area (Å²) in [5.41, 5.74) is 6.00. The van der Waals surface area contributed by atoms with Gasteiger partial charge in [0.2, 0.25) is 0 Å². The maximum absolute atomic E-state index is 5.61. The molecule has 72 valence electrons. The Hall–Kier alpha value is -1.50. The van der Waals surface area contributed by atoms with Crippen molar-refractivity contribution in [2.75, 3.05) is 5.73 Å². The van der Waals surface area contributed by atoms with Crippen LogP contribution in [0.3, 0.4) is 0 Å². The van der Waals surface area contributed by atoms with Crippen LogP contribution in [-0.4, -0.2) is 20.1 Å². The van der Waals surface area contributed by atoms with E-state index in [-0.39, 0.29) is 11.7 Å². The highest BCUT2D eigenvalue weighted by atomic mass is 79.9. The number of nitrogen functional groups attached to an aromatic ring is 1. The first-order chi connectivity index (χ1) is 6.66. The molecule has 2 rings (SSSR count). The number of nitrogens with two attached hydrogens (primary N) is 1. The topological polar surface area (TPSA) is 90.7 Å². The van der Waals surface area contributed by atoms with E-state index in [4.69, 9.17) is 10.3 Å². The van der Waals surface area contributed by atoms with Crippen LogP contribution >= 0.6 is 15.9 Å². The molecule has 6 nitrogen and oxygen atoms in total. The summed E-state index contributed by atoms with van der Waals surface area (Å²) in [6.45, 7) is 1.72. The van der Waals surface area contributed by atoms with Crippen LogP contribution in [0.2, 0.25) is 0 Å². The molecule has 0 aliphatic heterocycles. The summed E-state index contributed by atoms with van der Waals surface area (Å²) in [5, 5.41) is 3.64. The molecular formula is C7H6BrN5O. The number of nitrogens with zero attached hydrogens (tertiary/aromatic N) is 4. The number of hydrogen-bond donors (Lipinski definition) is 1. The third-order valence-electron chi connectivity index (χ3n) is 1.50. The van der Waals surface area contributed by atoms with Crippen LogP contribution in [0.25, 0.3) is 11.6 Å². The maximum atomic E-state index is 5.61. The van der Waals surface area contributed by atoms with Gasteiger partial charge in [-0.2, -0.15) is 4.98 Å². The van der Waals surface area contributed by atoms with Gasteiger partial charge >= 0.3 is 0 Å². The largest absolute Gasteiger partial charge is 0.382 e. The molecule has 0 aromatic carbocycles. The smallest absolute Gasteiger partial charge is 0.280 e. The third-order valence-corrected chi connectivity index (χ3v) is 1.88. The minimum absolute atomic E-state index is 0.261. The van der Waals surface area contributed by atoms with E-state index in [1.54, 1.807) is 6.92 Å². The van der Waals surface area contributed by atoms with Crippen LogP contribution in [0, 0.1) is 6.92 Å². The number of halogens is 1. The highest BCUT2D eigenvalue weighted by Crippen LogP contribution is 2.21. The Bertz CT molecular complexity index is 469. The van der Waals surface area contributed by atoms with Crippen LogP contribution in [0.5, 0.6) is 0 Å². The molecule has 0 aliphatic rings. The normalized spacial score (nSPS) is 10.4. The predicted molar refractivity (Wildman–Crippen MR) is 52.2 cm³/mol. The summed E-state index contributed by atoms with van der Waals surface area (Å²) in [6, 6.07) is 0. The van der Waals surface area contributed by atoms with Gasteiger partial charge in [0.1, 0.15) is 4.60 Å². The molecule has 2 aromatic heterocycles. The molecule has 0 spiro atoms. The van der Waals surface area contributed by atoms with E-state index < -0.39 is 0 Å². The van der Waals surface area contributed by atoms with Crippen LogP contribution in [0.15, 0.2) is 15.3 Å². The van der Waals surface area contributed by atoms with Gasteiger partial charge < -0.3 is 10.3 Å². The van der Waals surface area contributed by atoms with Crippen molar-refractivity contribution in [2.45, 2.75) is 6.92 Å². The monoisotopic (exact) mass is 255 g/mol. The summed E-state index contributed by atoms with van der Waals surface area (Å²) in [4.78, 5) is 12.0. The molecule has 0 atom stereocenters. The van der Waals surface area contributed by atoms with Gasteiger partial charge in [-0.05, 0) is 22.9 Å². The van der Waals surface area contributed by atoms with E-state index in [2.05, 4.69) is 36.0 Å². The summed E-state index contributed by atoms with van der Waals surface area (Å²) >= 11 is 3.18. The van der Waals surface area contributed by atoms with E-state index in [9.17, 15) is 0 Å². The zero-order valence-corrected chi connectivity index (χ0v) is 8.82. The first kappa shape index (κ1) is 9.07. The van der Waals surface area contributed by atoms with Crippen molar-refractivity contribution < 1.29 is 4.52 Å². The Morgan fingerprint density at radius 1 is 1.43 bits per heavy atom. The number of anilines is 1. The molecule has 2 aromatic rings. The second-order valence-electron chi connectivity index (χ2n) is 2.57. The van der Waals surface area contributed by atoms with Crippen LogP contribution in [0.1, 0.15) is 5.82 Å². The van der Waals surface area contributed by atoms with Crippen molar-refractivity contribution in [3.05, 3.63) is 16.6 Å².